The van der Waals surface area contributed by atoms with E-state index in [0.29, 0.717) is 25.3 Å². The van der Waals surface area contributed by atoms with Crippen LogP contribution in [0.1, 0.15) is 48.9 Å². The summed E-state index contributed by atoms with van der Waals surface area (Å²) in [6, 6.07) is 3.61. The molecule has 7 heteroatoms. The lowest BCUT2D eigenvalue weighted by Crippen LogP contribution is -2.55. The van der Waals surface area contributed by atoms with E-state index < -0.39 is 0 Å². The minimum Gasteiger partial charge on any atom is -0.454 e. The van der Waals surface area contributed by atoms with Crippen LogP contribution in [0.25, 0.3) is 0 Å². The van der Waals surface area contributed by atoms with Crippen LogP contribution in [0.15, 0.2) is 35.3 Å². The molecule has 2 aliphatic rings. The van der Waals surface area contributed by atoms with Gasteiger partial charge in [0, 0.05) is 50.4 Å². The molecule has 0 aromatic carbocycles. The van der Waals surface area contributed by atoms with Gasteiger partial charge in [0.15, 0.2) is 5.76 Å². The maximum Gasteiger partial charge on any atom is 0.289 e. The van der Waals surface area contributed by atoms with Crippen molar-refractivity contribution in [2.75, 3.05) is 26.2 Å². The topological polar surface area (TPSA) is 71.6 Å². The Morgan fingerprint density at radius 1 is 1.30 bits per heavy atom. The molecule has 2 aromatic heterocycles. The minimum atomic E-state index is -0.0501. The first kappa shape index (κ1) is 17.8. The van der Waals surface area contributed by atoms with Gasteiger partial charge in [-0.2, -0.15) is 0 Å². The van der Waals surface area contributed by atoms with Gasteiger partial charge in [-0.05, 0) is 38.3 Å². The van der Waals surface area contributed by atoms with Gasteiger partial charge in [-0.3, -0.25) is 9.59 Å². The normalized spacial score (nSPS) is 23.2. The first-order valence-corrected chi connectivity index (χ1v) is 9.70. The fourth-order valence-electron chi connectivity index (χ4n) is 4.40. The molecular formula is C20H26N4O3. The van der Waals surface area contributed by atoms with Crippen LogP contribution in [-0.2, 0) is 11.3 Å². The summed E-state index contributed by atoms with van der Waals surface area (Å²) in [5.74, 6) is 1.32. The van der Waals surface area contributed by atoms with Gasteiger partial charge in [-0.15, -0.1) is 0 Å². The third-order valence-corrected chi connectivity index (χ3v) is 5.85. The molecule has 2 fully saturated rings. The monoisotopic (exact) mass is 370 g/mol. The van der Waals surface area contributed by atoms with Crippen molar-refractivity contribution in [1.29, 1.82) is 0 Å². The molecule has 0 saturated carbocycles. The Morgan fingerprint density at radius 2 is 2.19 bits per heavy atom. The average Bonchev–Trinajstić information content (AvgIpc) is 3.36. The van der Waals surface area contributed by atoms with E-state index in [2.05, 4.69) is 4.98 Å². The quantitative estimate of drug-likeness (QED) is 0.828. The summed E-state index contributed by atoms with van der Waals surface area (Å²) in [6.45, 7) is 5.53. The summed E-state index contributed by atoms with van der Waals surface area (Å²) in [6.07, 6.45) is 8.81. The minimum absolute atomic E-state index is 0.0318. The summed E-state index contributed by atoms with van der Waals surface area (Å²) in [5, 5.41) is 0. The average molecular weight is 370 g/mol. The molecule has 0 aliphatic carbocycles. The van der Waals surface area contributed by atoms with Crippen molar-refractivity contribution >= 4 is 11.8 Å². The zero-order valence-electron chi connectivity index (χ0n) is 15.8. The highest BCUT2D eigenvalue weighted by molar-refractivity contribution is 5.91. The highest BCUT2D eigenvalue weighted by Crippen LogP contribution is 2.39. The third kappa shape index (κ3) is 3.63. The zero-order valence-corrected chi connectivity index (χ0v) is 15.8. The van der Waals surface area contributed by atoms with Gasteiger partial charge < -0.3 is 18.8 Å². The molecular weight excluding hydrogens is 344 g/mol. The molecule has 1 spiro atoms. The van der Waals surface area contributed by atoms with E-state index in [1.807, 2.05) is 33.6 Å². The fraction of sp³-hybridized carbons (Fsp3) is 0.550. The maximum absolute atomic E-state index is 13.0. The number of carbonyl (C=O) groups is 2. The molecule has 2 aromatic rings. The van der Waals surface area contributed by atoms with E-state index in [4.69, 9.17) is 4.42 Å². The smallest absolute Gasteiger partial charge is 0.289 e. The Bertz CT molecular complexity index is 813. The van der Waals surface area contributed by atoms with E-state index in [9.17, 15) is 9.59 Å². The number of amides is 2. The van der Waals surface area contributed by atoms with Crippen LogP contribution >= 0.6 is 0 Å². The van der Waals surface area contributed by atoms with E-state index in [1.165, 1.54) is 0 Å². The number of furan rings is 1. The van der Waals surface area contributed by atoms with Crippen LogP contribution in [0, 0.1) is 5.41 Å². The van der Waals surface area contributed by atoms with Crippen LogP contribution in [-0.4, -0.2) is 57.3 Å². The second-order valence-corrected chi connectivity index (χ2v) is 7.74. The molecule has 1 unspecified atom stereocenters. The molecule has 2 aliphatic heterocycles. The lowest BCUT2D eigenvalue weighted by Gasteiger charge is -2.48. The second-order valence-electron chi connectivity index (χ2n) is 7.74. The van der Waals surface area contributed by atoms with Crippen LogP contribution < -0.4 is 0 Å². The number of carbonyl (C=O) groups excluding carboxylic acids is 2. The first-order chi connectivity index (χ1) is 13.1. The van der Waals surface area contributed by atoms with Crippen molar-refractivity contribution < 1.29 is 14.0 Å². The Morgan fingerprint density at radius 3 is 2.96 bits per heavy atom. The number of aromatic nitrogens is 2. The molecule has 0 radical (unpaired) electrons. The van der Waals surface area contributed by atoms with E-state index in [-0.39, 0.29) is 17.2 Å². The molecule has 2 saturated heterocycles. The highest BCUT2D eigenvalue weighted by Gasteiger charge is 2.42. The Balaban J connectivity index is 1.44. The summed E-state index contributed by atoms with van der Waals surface area (Å²) in [7, 11) is 0. The number of hydrogen-bond donors (Lipinski definition) is 0. The fourth-order valence-corrected chi connectivity index (χ4v) is 4.40. The van der Waals surface area contributed by atoms with Gasteiger partial charge in [0.05, 0.1) is 12.9 Å². The maximum atomic E-state index is 13.0. The number of likely N-dealkylation sites (tertiary alicyclic amines) is 2. The molecule has 7 nitrogen and oxygen atoms in total. The van der Waals surface area contributed by atoms with Gasteiger partial charge in [0.2, 0.25) is 5.91 Å². The Labute approximate surface area is 158 Å². The lowest BCUT2D eigenvalue weighted by molar-refractivity contribution is -0.138. The second kappa shape index (κ2) is 7.21. The number of hydrogen-bond acceptors (Lipinski definition) is 4. The van der Waals surface area contributed by atoms with Gasteiger partial charge in [-0.1, -0.05) is 0 Å². The SMILES string of the molecule is CCN1CC2(CCCN(C(=O)c3ccc(Cn4ccnc4)o3)C2)CCC1=O. The van der Waals surface area contributed by atoms with Crippen molar-refractivity contribution in [3.05, 3.63) is 42.4 Å². The first-order valence-electron chi connectivity index (χ1n) is 9.70. The number of rotatable bonds is 4. The summed E-state index contributed by atoms with van der Waals surface area (Å²) in [4.78, 5) is 32.9. The van der Waals surface area contributed by atoms with E-state index in [1.54, 1.807) is 18.6 Å². The standard InChI is InChI=1S/C20H26N4O3/c1-2-23-13-20(8-6-18(23)25)7-3-10-24(14-20)19(26)17-5-4-16(27-17)12-22-11-9-21-15-22/h4-5,9,11,15H,2-3,6-8,10,12-14H2,1H3. The number of piperidine rings is 2. The highest BCUT2D eigenvalue weighted by atomic mass is 16.4. The van der Waals surface area contributed by atoms with Gasteiger partial charge in [-0.25, -0.2) is 4.98 Å². The molecule has 4 heterocycles. The van der Waals surface area contributed by atoms with Gasteiger partial charge in [0.25, 0.3) is 5.91 Å². The van der Waals surface area contributed by atoms with Crippen LogP contribution in [0.2, 0.25) is 0 Å². The van der Waals surface area contributed by atoms with Crippen molar-refractivity contribution in [1.82, 2.24) is 19.4 Å². The summed E-state index contributed by atoms with van der Waals surface area (Å²) < 4.78 is 7.71. The van der Waals surface area contributed by atoms with Crippen molar-refractivity contribution in [3.63, 3.8) is 0 Å². The lowest BCUT2D eigenvalue weighted by atomic mass is 9.73. The zero-order chi connectivity index (χ0) is 18.9. The van der Waals surface area contributed by atoms with Gasteiger partial charge >= 0.3 is 0 Å². The van der Waals surface area contributed by atoms with Crippen LogP contribution in [0.3, 0.4) is 0 Å². The summed E-state index contributed by atoms with van der Waals surface area (Å²) in [5.41, 5.74) is 0.0318. The molecule has 144 valence electrons. The molecule has 0 N–H and O–H groups in total. The van der Waals surface area contributed by atoms with Gasteiger partial charge in [0.1, 0.15) is 5.76 Å². The predicted octanol–water partition coefficient (Wildman–Crippen LogP) is 2.39. The van der Waals surface area contributed by atoms with Crippen molar-refractivity contribution in [2.24, 2.45) is 5.41 Å². The summed E-state index contributed by atoms with van der Waals surface area (Å²) >= 11 is 0. The largest absolute Gasteiger partial charge is 0.454 e. The third-order valence-electron chi connectivity index (χ3n) is 5.85. The Hall–Kier alpha value is -2.57. The van der Waals surface area contributed by atoms with Crippen LogP contribution in [0.5, 0.6) is 0 Å². The van der Waals surface area contributed by atoms with E-state index in [0.717, 1.165) is 44.7 Å². The molecule has 1 atom stereocenters. The molecule has 4 rings (SSSR count). The number of nitrogens with zero attached hydrogens (tertiary/aromatic N) is 4. The molecule has 27 heavy (non-hydrogen) atoms. The van der Waals surface area contributed by atoms with Crippen molar-refractivity contribution in [3.8, 4) is 0 Å². The van der Waals surface area contributed by atoms with E-state index >= 15 is 0 Å². The van der Waals surface area contributed by atoms with Crippen LogP contribution in [0.4, 0.5) is 0 Å². The number of imidazole rings is 1. The molecule has 0 bridgehead atoms. The predicted molar refractivity (Wildman–Crippen MR) is 99.1 cm³/mol. The van der Waals surface area contributed by atoms with Crippen molar-refractivity contribution in [2.45, 2.75) is 39.2 Å². The molecule has 2 amide bonds. The Kier molecular flexibility index (Phi) is 4.76.